The maximum absolute atomic E-state index is 11.5. The number of hydrogen-bond donors (Lipinski definition) is 3. The number of amides is 1. The van der Waals surface area contributed by atoms with E-state index in [1.807, 2.05) is 36.4 Å². The summed E-state index contributed by atoms with van der Waals surface area (Å²) in [4.78, 5) is 24.5. The number of pyridine rings is 1. The number of anilines is 4. The SMILES string of the molecule is O=C1Cc2cc(Nc3ncc(Br)c(NCc4ccccn4)n3)ccc2N1. The number of carbonyl (C=O) groups is 1. The number of nitrogens with zero attached hydrogens (tertiary/aromatic N) is 3. The van der Waals surface area contributed by atoms with E-state index in [1.54, 1.807) is 12.4 Å². The van der Waals surface area contributed by atoms with Crippen LogP contribution in [0.3, 0.4) is 0 Å². The van der Waals surface area contributed by atoms with Crippen LogP contribution in [0.5, 0.6) is 0 Å². The fraction of sp³-hybridized carbons (Fsp3) is 0.111. The molecule has 26 heavy (non-hydrogen) atoms. The predicted molar refractivity (Wildman–Crippen MR) is 103 cm³/mol. The van der Waals surface area contributed by atoms with E-state index in [9.17, 15) is 4.79 Å². The fourth-order valence-electron chi connectivity index (χ4n) is 2.66. The second-order valence-corrected chi connectivity index (χ2v) is 6.64. The number of halogens is 1. The molecule has 2 aromatic heterocycles. The molecule has 0 bridgehead atoms. The largest absolute Gasteiger partial charge is 0.363 e. The van der Waals surface area contributed by atoms with Crippen LogP contribution in [0.25, 0.3) is 0 Å². The molecular weight excluding hydrogens is 396 g/mol. The van der Waals surface area contributed by atoms with Crippen LogP contribution < -0.4 is 16.0 Å². The van der Waals surface area contributed by atoms with Crippen molar-refractivity contribution in [1.29, 1.82) is 0 Å². The van der Waals surface area contributed by atoms with Gasteiger partial charge in [0.1, 0.15) is 5.82 Å². The fourth-order valence-corrected chi connectivity index (χ4v) is 3.00. The lowest BCUT2D eigenvalue weighted by Gasteiger charge is -2.10. The van der Waals surface area contributed by atoms with E-state index in [-0.39, 0.29) is 5.91 Å². The highest BCUT2D eigenvalue weighted by Gasteiger charge is 2.17. The number of carbonyl (C=O) groups excluding carboxylic acids is 1. The molecule has 0 saturated carbocycles. The highest BCUT2D eigenvalue weighted by Crippen LogP contribution is 2.28. The molecule has 4 rings (SSSR count). The molecule has 0 radical (unpaired) electrons. The lowest BCUT2D eigenvalue weighted by molar-refractivity contribution is -0.115. The van der Waals surface area contributed by atoms with Crippen LogP contribution in [0.1, 0.15) is 11.3 Å². The van der Waals surface area contributed by atoms with Crippen molar-refractivity contribution in [1.82, 2.24) is 15.0 Å². The lowest BCUT2D eigenvalue weighted by Crippen LogP contribution is -2.06. The van der Waals surface area contributed by atoms with E-state index in [4.69, 9.17) is 0 Å². The normalized spacial score (nSPS) is 12.4. The topological polar surface area (TPSA) is 91.8 Å². The minimum absolute atomic E-state index is 0.0121. The Hall–Kier alpha value is -3.00. The summed E-state index contributed by atoms with van der Waals surface area (Å²) in [5, 5.41) is 9.24. The molecule has 0 unspecified atom stereocenters. The molecule has 1 aliphatic rings. The quantitative estimate of drug-likeness (QED) is 0.596. The molecule has 0 spiro atoms. The van der Waals surface area contributed by atoms with E-state index < -0.39 is 0 Å². The first-order valence-electron chi connectivity index (χ1n) is 8.03. The molecule has 0 atom stereocenters. The maximum Gasteiger partial charge on any atom is 0.229 e. The van der Waals surface area contributed by atoms with E-state index in [1.165, 1.54) is 0 Å². The van der Waals surface area contributed by atoms with Crippen molar-refractivity contribution < 1.29 is 4.79 Å². The molecule has 1 aliphatic heterocycles. The van der Waals surface area contributed by atoms with Crippen LogP contribution in [-0.4, -0.2) is 20.9 Å². The first-order valence-corrected chi connectivity index (χ1v) is 8.83. The van der Waals surface area contributed by atoms with Gasteiger partial charge in [0.2, 0.25) is 11.9 Å². The monoisotopic (exact) mass is 410 g/mol. The molecule has 3 N–H and O–H groups in total. The minimum Gasteiger partial charge on any atom is -0.363 e. The van der Waals surface area contributed by atoms with Crippen LogP contribution in [-0.2, 0) is 17.8 Å². The Morgan fingerprint density at radius 3 is 2.96 bits per heavy atom. The summed E-state index contributed by atoms with van der Waals surface area (Å²) in [6.07, 6.45) is 3.84. The molecule has 130 valence electrons. The van der Waals surface area contributed by atoms with E-state index in [2.05, 4.69) is 46.8 Å². The van der Waals surface area contributed by atoms with Crippen molar-refractivity contribution in [2.75, 3.05) is 16.0 Å². The summed E-state index contributed by atoms with van der Waals surface area (Å²) in [5.41, 5.74) is 3.57. The Kier molecular flexibility index (Phi) is 4.49. The van der Waals surface area contributed by atoms with Gasteiger partial charge >= 0.3 is 0 Å². The molecule has 8 heteroatoms. The van der Waals surface area contributed by atoms with Gasteiger partial charge in [-0.25, -0.2) is 4.98 Å². The Balaban J connectivity index is 1.49. The van der Waals surface area contributed by atoms with Crippen LogP contribution in [0.4, 0.5) is 23.1 Å². The zero-order valence-electron chi connectivity index (χ0n) is 13.7. The van der Waals surface area contributed by atoms with Crippen molar-refractivity contribution >= 4 is 45.0 Å². The van der Waals surface area contributed by atoms with E-state index in [0.717, 1.165) is 27.1 Å². The van der Waals surface area contributed by atoms with Crippen LogP contribution in [0.2, 0.25) is 0 Å². The highest BCUT2D eigenvalue weighted by molar-refractivity contribution is 9.10. The summed E-state index contributed by atoms with van der Waals surface area (Å²) in [6.45, 7) is 0.558. The standard InChI is InChI=1S/C18H15BrN6O/c19-14-10-22-18(25-17(14)21-9-13-3-1-2-6-20-13)23-12-4-5-15-11(7-12)8-16(26)24-15/h1-7,10H,8-9H2,(H,24,26)(H2,21,22,23,25). The second-order valence-electron chi connectivity index (χ2n) is 5.79. The minimum atomic E-state index is 0.0121. The molecule has 3 aromatic rings. The predicted octanol–water partition coefficient (Wildman–Crippen LogP) is 3.48. The van der Waals surface area contributed by atoms with Crippen LogP contribution in [0.15, 0.2) is 53.3 Å². The Morgan fingerprint density at radius 1 is 1.19 bits per heavy atom. The maximum atomic E-state index is 11.5. The lowest BCUT2D eigenvalue weighted by atomic mass is 10.1. The molecular formula is C18H15BrN6O. The van der Waals surface area contributed by atoms with Crippen molar-refractivity contribution in [2.45, 2.75) is 13.0 Å². The summed E-state index contributed by atoms with van der Waals surface area (Å²) >= 11 is 3.46. The Labute approximate surface area is 158 Å². The number of fused-ring (bicyclic) bond motifs is 1. The summed E-state index contributed by atoms with van der Waals surface area (Å²) in [7, 11) is 0. The van der Waals surface area contributed by atoms with Crippen LogP contribution >= 0.6 is 15.9 Å². The summed E-state index contributed by atoms with van der Waals surface area (Å²) < 4.78 is 0.766. The number of benzene rings is 1. The van der Waals surface area contributed by atoms with Crippen molar-refractivity contribution in [3.63, 3.8) is 0 Å². The number of hydrogen-bond acceptors (Lipinski definition) is 6. The molecule has 1 amide bonds. The first kappa shape index (κ1) is 16.5. The number of rotatable bonds is 5. The smallest absolute Gasteiger partial charge is 0.229 e. The molecule has 1 aromatic carbocycles. The van der Waals surface area contributed by atoms with Gasteiger partial charge in [0, 0.05) is 23.8 Å². The van der Waals surface area contributed by atoms with E-state index in [0.29, 0.717) is 24.7 Å². The number of aromatic nitrogens is 3. The molecule has 3 heterocycles. The first-order chi connectivity index (χ1) is 12.7. The Morgan fingerprint density at radius 2 is 2.12 bits per heavy atom. The van der Waals surface area contributed by atoms with Gasteiger partial charge in [0.25, 0.3) is 0 Å². The third-order valence-electron chi connectivity index (χ3n) is 3.89. The van der Waals surface area contributed by atoms with Gasteiger partial charge in [-0.15, -0.1) is 0 Å². The molecule has 0 saturated heterocycles. The molecule has 7 nitrogen and oxygen atoms in total. The zero-order chi connectivity index (χ0) is 17.9. The van der Waals surface area contributed by atoms with Gasteiger partial charge in [-0.2, -0.15) is 4.98 Å². The zero-order valence-corrected chi connectivity index (χ0v) is 15.2. The third kappa shape index (κ3) is 3.65. The number of nitrogens with one attached hydrogen (secondary N) is 3. The van der Waals surface area contributed by atoms with Crippen molar-refractivity contribution in [3.8, 4) is 0 Å². The average molecular weight is 411 g/mol. The van der Waals surface area contributed by atoms with Gasteiger partial charge in [0.15, 0.2) is 0 Å². The van der Waals surface area contributed by atoms with Crippen LogP contribution in [0, 0.1) is 0 Å². The van der Waals surface area contributed by atoms with Gasteiger partial charge in [0.05, 0.1) is 23.1 Å². The average Bonchev–Trinajstić information content (AvgIpc) is 3.02. The summed E-state index contributed by atoms with van der Waals surface area (Å²) in [5.74, 6) is 1.15. The van der Waals surface area contributed by atoms with E-state index >= 15 is 0 Å². The van der Waals surface area contributed by atoms with Gasteiger partial charge in [-0.1, -0.05) is 6.07 Å². The van der Waals surface area contributed by atoms with Gasteiger partial charge < -0.3 is 16.0 Å². The third-order valence-corrected chi connectivity index (χ3v) is 4.47. The van der Waals surface area contributed by atoms with Gasteiger partial charge in [-0.05, 0) is 51.8 Å². The Bertz CT molecular complexity index is 963. The van der Waals surface area contributed by atoms with Crippen molar-refractivity contribution in [3.05, 3.63) is 64.5 Å². The second kappa shape index (κ2) is 7.09. The van der Waals surface area contributed by atoms with Crippen molar-refractivity contribution in [2.24, 2.45) is 0 Å². The highest BCUT2D eigenvalue weighted by atomic mass is 79.9. The van der Waals surface area contributed by atoms with Gasteiger partial charge in [-0.3, -0.25) is 9.78 Å². The molecule has 0 fully saturated rings. The molecule has 0 aliphatic carbocycles. The summed E-state index contributed by atoms with van der Waals surface area (Å²) in [6, 6.07) is 11.5.